The summed E-state index contributed by atoms with van der Waals surface area (Å²) in [6, 6.07) is 0.287. The van der Waals surface area contributed by atoms with Crippen LogP contribution in [0, 0.1) is 5.92 Å². The van der Waals surface area contributed by atoms with Gasteiger partial charge >= 0.3 is 0 Å². The molecule has 1 saturated carbocycles. The monoisotopic (exact) mass is 293 g/mol. The number of nitrogens with one attached hydrogen (secondary N) is 1. The largest absolute Gasteiger partial charge is 0.373 e. The lowest BCUT2D eigenvalue weighted by molar-refractivity contribution is -0.148. The van der Waals surface area contributed by atoms with E-state index in [9.17, 15) is 9.59 Å². The maximum Gasteiger partial charge on any atom is 0.245 e. The number of amides is 2. The van der Waals surface area contributed by atoms with Crippen LogP contribution in [-0.4, -0.2) is 72.6 Å². The Balaban J connectivity index is 1.38. The van der Waals surface area contributed by atoms with Crippen LogP contribution >= 0.6 is 0 Å². The Morgan fingerprint density at radius 1 is 1.24 bits per heavy atom. The lowest BCUT2D eigenvalue weighted by Gasteiger charge is -2.39. The van der Waals surface area contributed by atoms with Crippen LogP contribution in [-0.2, 0) is 14.3 Å². The fourth-order valence-corrected chi connectivity index (χ4v) is 3.87. The van der Waals surface area contributed by atoms with Crippen molar-refractivity contribution in [3.05, 3.63) is 0 Å². The van der Waals surface area contributed by atoms with Crippen molar-refractivity contribution in [3.63, 3.8) is 0 Å². The Morgan fingerprint density at radius 3 is 2.90 bits per heavy atom. The van der Waals surface area contributed by atoms with E-state index < -0.39 is 0 Å². The van der Waals surface area contributed by atoms with Gasteiger partial charge in [-0.1, -0.05) is 0 Å². The summed E-state index contributed by atoms with van der Waals surface area (Å²) in [6.07, 6.45) is 4.63. The highest BCUT2D eigenvalue weighted by molar-refractivity contribution is 5.95. The predicted molar refractivity (Wildman–Crippen MR) is 75.6 cm³/mol. The zero-order valence-corrected chi connectivity index (χ0v) is 12.3. The van der Waals surface area contributed by atoms with Gasteiger partial charge in [0.25, 0.3) is 0 Å². The first-order valence-electron chi connectivity index (χ1n) is 8.14. The van der Waals surface area contributed by atoms with E-state index in [1.807, 2.05) is 0 Å². The van der Waals surface area contributed by atoms with Crippen LogP contribution in [0.1, 0.15) is 25.7 Å². The van der Waals surface area contributed by atoms with Gasteiger partial charge in [-0.15, -0.1) is 0 Å². The molecule has 0 spiro atoms. The van der Waals surface area contributed by atoms with E-state index in [-0.39, 0.29) is 30.5 Å². The number of piperazine rings is 1. The van der Waals surface area contributed by atoms with E-state index in [2.05, 4.69) is 10.2 Å². The standard InChI is InChI=1S/C15H23N3O3/c19-13-8-18(15(20)14(16-13)10-3-4-10)7-12-6-17-5-1-2-11(17)9-21-12/h10-12,14H,1-9H2,(H,16,19). The number of ether oxygens (including phenoxy) is 1. The van der Waals surface area contributed by atoms with Gasteiger partial charge in [-0.2, -0.15) is 0 Å². The summed E-state index contributed by atoms with van der Waals surface area (Å²) in [6.45, 7) is 3.54. The molecule has 3 heterocycles. The molecule has 3 saturated heterocycles. The smallest absolute Gasteiger partial charge is 0.245 e. The van der Waals surface area contributed by atoms with E-state index >= 15 is 0 Å². The molecule has 1 N–H and O–H groups in total. The molecule has 3 aliphatic heterocycles. The number of carbonyl (C=O) groups excluding carboxylic acids is 2. The highest BCUT2D eigenvalue weighted by Crippen LogP contribution is 2.34. The van der Waals surface area contributed by atoms with Crippen molar-refractivity contribution in [2.75, 3.05) is 32.8 Å². The van der Waals surface area contributed by atoms with Crippen molar-refractivity contribution >= 4 is 11.8 Å². The first kappa shape index (κ1) is 13.5. The molecule has 21 heavy (non-hydrogen) atoms. The van der Waals surface area contributed by atoms with Gasteiger partial charge in [0.15, 0.2) is 0 Å². The summed E-state index contributed by atoms with van der Waals surface area (Å²) >= 11 is 0. The molecule has 6 heteroatoms. The summed E-state index contributed by atoms with van der Waals surface area (Å²) in [5.41, 5.74) is 0. The van der Waals surface area contributed by atoms with Gasteiger partial charge in [-0.3, -0.25) is 14.5 Å². The van der Waals surface area contributed by atoms with E-state index in [0.717, 1.165) is 32.5 Å². The fraction of sp³-hybridized carbons (Fsp3) is 0.867. The minimum absolute atomic E-state index is 0.0265. The van der Waals surface area contributed by atoms with Crippen LogP contribution < -0.4 is 5.32 Å². The highest BCUT2D eigenvalue weighted by Gasteiger charge is 2.43. The topological polar surface area (TPSA) is 61.9 Å². The Hall–Kier alpha value is -1.14. The molecule has 4 fully saturated rings. The number of hydrogen-bond donors (Lipinski definition) is 1. The number of nitrogens with zero attached hydrogens (tertiary/aromatic N) is 2. The molecular formula is C15H23N3O3. The van der Waals surface area contributed by atoms with Gasteiger partial charge in [-0.25, -0.2) is 0 Å². The molecular weight excluding hydrogens is 270 g/mol. The van der Waals surface area contributed by atoms with Gasteiger partial charge < -0.3 is 15.0 Å². The molecule has 0 aromatic rings. The number of carbonyl (C=O) groups is 2. The van der Waals surface area contributed by atoms with E-state index in [1.165, 1.54) is 12.8 Å². The SMILES string of the molecule is O=C1CN(CC2CN3CCCC3CO2)C(=O)C(C2CC2)N1. The molecule has 4 aliphatic rings. The second-order valence-electron chi connectivity index (χ2n) is 6.85. The quantitative estimate of drug-likeness (QED) is 0.768. The summed E-state index contributed by atoms with van der Waals surface area (Å²) in [4.78, 5) is 28.5. The molecule has 0 aromatic carbocycles. The summed E-state index contributed by atoms with van der Waals surface area (Å²) < 4.78 is 5.92. The minimum Gasteiger partial charge on any atom is -0.373 e. The summed E-state index contributed by atoms with van der Waals surface area (Å²) in [5.74, 6) is 0.421. The average molecular weight is 293 g/mol. The fourth-order valence-electron chi connectivity index (χ4n) is 3.87. The first-order chi connectivity index (χ1) is 10.2. The van der Waals surface area contributed by atoms with Crippen molar-refractivity contribution in [2.24, 2.45) is 5.92 Å². The van der Waals surface area contributed by atoms with Crippen LogP contribution in [0.5, 0.6) is 0 Å². The molecule has 3 unspecified atom stereocenters. The van der Waals surface area contributed by atoms with Crippen LogP contribution in [0.25, 0.3) is 0 Å². The van der Waals surface area contributed by atoms with Crippen molar-refractivity contribution < 1.29 is 14.3 Å². The molecule has 0 aromatic heterocycles. The molecule has 0 bridgehead atoms. The maximum absolute atomic E-state index is 12.5. The molecule has 4 rings (SSSR count). The zero-order valence-electron chi connectivity index (χ0n) is 12.3. The summed E-state index contributed by atoms with van der Waals surface area (Å²) in [7, 11) is 0. The van der Waals surface area contributed by atoms with Crippen molar-refractivity contribution in [2.45, 2.75) is 43.9 Å². The average Bonchev–Trinajstić information content (AvgIpc) is 3.20. The van der Waals surface area contributed by atoms with Crippen LogP contribution in [0.2, 0.25) is 0 Å². The number of hydrogen-bond acceptors (Lipinski definition) is 4. The Labute approximate surface area is 124 Å². The third-order valence-electron chi connectivity index (χ3n) is 5.21. The third-order valence-corrected chi connectivity index (χ3v) is 5.21. The second kappa shape index (κ2) is 5.25. The minimum atomic E-state index is -0.283. The maximum atomic E-state index is 12.5. The van der Waals surface area contributed by atoms with Crippen LogP contribution in [0.4, 0.5) is 0 Å². The second-order valence-corrected chi connectivity index (χ2v) is 6.85. The normalized spacial score (nSPS) is 37.5. The van der Waals surface area contributed by atoms with E-state index in [0.29, 0.717) is 18.5 Å². The summed E-state index contributed by atoms with van der Waals surface area (Å²) in [5, 5.41) is 2.85. The highest BCUT2D eigenvalue weighted by atomic mass is 16.5. The molecule has 3 atom stereocenters. The van der Waals surface area contributed by atoms with Gasteiger partial charge in [0, 0.05) is 19.1 Å². The van der Waals surface area contributed by atoms with Gasteiger partial charge in [0.05, 0.1) is 19.3 Å². The first-order valence-corrected chi connectivity index (χ1v) is 8.14. The number of fused-ring (bicyclic) bond motifs is 1. The molecule has 6 nitrogen and oxygen atoms in total. The van der Waals surface area contributed by atoms with Crippen LogP contribution in [0.15, 0.2) is 0 Å². The molecule has 116 valence electrons. The Bertz CT molecular complexity index is 451. The lowest BCUT2D eigenvalue weighted by Crippen LogP contribution is -2.61. The van der Waals surface area contributed by atoms with Gasteiger partial charge in [0.2, 0.25) is 11.8 Å². The van der Waals surface area contributed by atoms with Crippen molar-refractivity contribution in [3.8, 4) is 0 Å². The third kappa shape index (κ3) is 2.66. The zero-order chi connectivity index (χ0) is 14.4. The number of morpholine rings is 1. The van der Waals surface area contributed by atoms with E-state index in [4.69, 9.17) is 4.74 Å². The van der Waals surface area contributed by atoms with Crippen molar-refractivity contribution in [1.29, 1.82) is 0 Å². The Kier molecular flexibility index (Phi) is 3.38. The van der Waals surface area contributed by atoms with Crippen molar-refractivity contribution in [1.82, 2.24) is 15.1 Å². The lowest BCUT2D eigenvalue weighted by atomic mass is 10.1. The molecule has 2 amide bonds. The molecule has 1 aliphatic carbocycles. The van der Waals surface area contributed by atoms with E-state index in [1.54, 1.807) is 4.90 Å². The van der Waals surface area contributed by atoms with Gasteiger partial charge in [0.1, 0.15) is 6.04 Å². The Morgan fingerprint density at radius 2 is 2.10 bits per heavy atom. The molecule has 0 radical (unpaired) electrons. The number of rotatable bonds is 3. The van der Waals surface area contributed by atoms with Gasteiger partial charge in [-0.05, 0) is 38.1 Å². The van der Waals surface area contributed by atoms with Crippen LogP contribution in [0.3, 0.4) is 0 Å². The predicted octanol–water partition coefficient (Wildman–Crippen LogP) is -0.413.